The second-order valence-corrected chi connectivity index (χ2v) is 5.37. The van der Waals surface area contributed by atoms with Crippen molar-refractivity contribution < 1.29 is 9.72 Å². The van der Waals surface area contributed by atoms with Crippen molar-refractivity contribution in [2.75, 3.05) is 19.4 Å². The molecule has 8 heteroatoms. The van der Waals surface area contributed by atoms with Crippen molar-refractivity contribution in [1.82, 2.24) is 9.88 Å². The minimum absolute atomic E-state index is 0.186. The molecule has 0 bridgehead atoms. The van der Waals surface area contributed by atoms with Crippen molar-refractivity contribution in [1.29, 1.82) is 0 Å². The van der Waals surface area contributed by atoms with Crippen molar-refractivity contribution in [2.45, 2.75) is 6.54 Å². The van der Waals surface area contributed by atoms with Crippen LogP contribution in [0.1, 0.15) is 15.2 Å². The van der Waals surface area contributed by atoms with Gasteiger partial charge in [0.2, 0.25) is 0 Å². The molecular formula is C13H14N4O3S. The van der Waals surface area contributed by atoms with Crippen LogP contribution in [0.5, 0.6) is 0 Å². The number of amides is 1. The zero-order valence-electron chi connectivity index (χ0n) is 11.6. The van der Waals surface area contributed by atoms with Crippen molar-refractivity contribution in [3.63, 3.8) is 0 Å². The summed E-state index contributed by atoms with van der Waals surface area (Å²) < 4.78 is 0. The maximum atomic E-state index is 12.5. The van der Waals surface area contributed by atoms with E-state index in [0.29, 0.717) is 12.4 Å². The number of anilines is 1. The number of nitrogens with one attached hydrogen (secondary N) is 1. The summed E-state index contributed by atoms with van der Waals surface area (Å²) in [4.78, 5) is 29.2. The van der Waals surface area contributed by atoms with Crippen LogP contribution in [0.25, 0.3) is 0 Å². The zero-order valence-corrected chi connectivity index (χ0v) is 12.4. The minimum atomic E-state index is -0.567. The number of thiophene rings is 1. The highest BCUT2D eigenvalue weighted by atomic mass is 32.1. The maximum Gasteiger partial charge on any atom is 0.288 e. The van der Waals surface area contributed by atoms with Gasteiger partial charge in [-0.05, 0) is 11.4 Å². The highest BCUT2D eigenvalue weighted by Gasteiger charge is 2.20. The predicted molar refractivity (Wildman–Crippen MR) is 80.6 cm³/mol. The molecule has 0 atom stereocenters. The van der Waals surface area contributed by atoms with E-state index >= 15 is 0 Å². The summed E-state index contributed by atoms with van der Waals surface area (Å²) in [6.45, 7) is 0.447. The molecule has 0 aliphatic heterocycles. The van der Waals surface area contributed by atoms with E-state index in [0.717, 1.165) is 11.1 Å². The summed E-state index contributed by atoms with van der Waals surface area (Å²) in [6, 6.07) is 5.08. The normalized spacial score (nSPS) is 10.2. The molecule has 2 rings (SSSR count). The summed E-state index contributed by atoms with van der Waals surface area (Å²) in [5.41, 5.74) is -0.0207. The largest absolute Gasteiger partial charge is 0.372 e. The van der Waals surface area contributed by atoms with Gasteiger partial charge in [0, 0.05) is 25.0 Å². The molecule has 0 fully saturated rings. The Morgan fingerprint density at radius 3 is 2.90 bits per heavy atom. The smallest absolute Gasteiger partial charge is 0.288 e. The van der Waals surface area contributed by atoms with Crippen LogP contribution in [0.15, 0.2) is 29.8 Å². The van der Waals surface area contributed by atoms with Crippen LogP contribution < -0.4 is 5.32 Å². The van der Waals surface area contributed by atoms with Crippen LogP contribution in [-0.4, -0.2) is 34.8 Å². The van der Waals surface area contributed by atoms with Crippen molar-refractivity contribution in [3.8, 4) is 0 Å². The molecule has 2 heterocycles. The summed E-state index contributed by atoms with van der Waals surface area (Å²) in [6.07, 6.45) is 1.13. The molecular weight excluding hydrogens is 292 g/mol. The average molecular weight is 306 g/mol. The Balaban J connectivity index is 2.28. The number of hydrogen-bond donors (Lipinski definition) is 1. The van der Waals surface area contributed by atoms with E-state index in [1.165, 1.54) is 11.0 Å². The molecule has 0 saturated heterocycles. The molecule has 110 valence electrons. The van der Waals surface area contributed by atoms with E-state index < -0.39 is 4.92 Å². The van der Waals surface area contributed by atoms with Crippen molar-refractivity contribution >= 4 is 28.7 Å². The first kappa shape index (κ1) is 14.9. The van der Waals surface area contributed by atoms with E-state index in [9.17, 15) is 14.9 Å². The van der Waals surface area contributed by atoms with Crippen LogP contribution in [-0.2, 0) is 6.54 Å². The fraction of sp³-hybridized carbons (Fsp3) is 0.231. The van der Waals surface area contributed by atoms with Gasteiger partial charge in [-0.25, -0.2) is 4.98 Å². The number of nitrogens with zero attached hydrogens (tertiary/aromatic N) is 3. The summed E-state index contributed by atoms with van der Waals surface area (Å²) in [7, 11) is 3.27. The Morgan fingerprint density at radius 1 is 1.57 bits per heavy atom. The van der Waals surface area contributed by atoms with E-state index in [1.54, 1.807) is 25.4 Å². The lowest BCUT2D eigenvalue weighted by atomic mass is 10.2. The Bertz CT molecular complexity index is 657. The molecule has 21 heavy (non-hydrogen) atoms. The van der Waals surface area contributed by atoms with Gasteiger partial charge in [0.25, 0.3) is 11.6 Å². The first-order valence-corrected chi connectivity index (χ1v) is 7.01. The number of aromatic nitrogens is 1. The van der Waals surface area contributed by atoms with Gasteiger partial charge in [0.05, 0.1) is 17.0 Å². The van der Waals surface area contributed by atoms with Gasteiger partial charge in [-0.1, -0.05) is 6.07 Å². The average Bonchev–Trinajstić information content (AvgIpc) is 2.98. The molecule has 0 unspecified atom stereocenters. The van der Waals surface area contributed by atoms with Gasteiger partial charge in [-0.15, -0.1) is 11.3 Å². The SMILES string of the molecule is CNc1ncc([N+](=O)[O-])cc1C(=O)N(C)Cc1cccs1. The van der Waals surface area contributed by atoms with Crippen molar-refractivity contribution in [3.05, 3.63) is 50.3 Å². The fourth-order valence-corrected chi connectivity index (χ4v) is 2.59. The van der Waals surface area contributed by atoms with Gasteiger partial charge in [-0.2, -0.15) is 0 Å². The van der Waals surface area contributed by atoms with E-state index in [-0.39, 0.29) is 17.2 Å². The molecule has 1 N–H and O–H groups in total. The fourth-order valence-electron chi connectivity index (χ4n) is 1.83. The molecule has 2 aromatic heterocycles. The predicted octanol–water partition coefficient (Wildman–Crippen LogP) is 2.37. The minimum Gasteiger partial charge on any atom is -0.372 e. The van der Waals surface area contributed by atoms with Crippen LogP contribution in [0.3, 0.4) is 0 Å². The van der Waals surface area contributed by atoms with Crippen molar-refractivity contribution in [2.24, 2.45) is 0 Å². The number of carbonyl (C=O) groups is 1. The summed E-state index contributed by atoms with van der Waals surface area (Å²) >= 11 is 1.55. The molecule has 0 saturated carbocycles. The summed E-state index contributed by atoms with van der Waals surface area (Å²) in [5, 5.41) is 15.5. The lowest BCUT2D eigenvalue weighted by Crippen LogP contribution is -2.27. The molecule has 7 nitrogen and oxygen atoms in total. The Kier molecular flexibility index (Phi) is 4.49. The first-order chi connectivity index (χ1) is 10.0. The number of hydrogen-bond acceptors (Lipinski definition) is 6. The maximum absolute atomic E-state index is 12.5. The first-order valence-electron chi connectivity index (χ1n) is 6.13. The number of rotatable bonds is 5. The van der Waals surface area contributed by atoms with Crippen LogP contribution >= 0.6 is 11.3 Å². The molecule has 0 aliphatic rings. The third-order valence-electron chi connectivity index (χ3n) is 2.87. The van der Waals surface area contributed by atoms with Gasteiger partial charge in [0.15, 0.2) is 0 Å². The number of carbonyl (C=O) groups excluding carboxylic acids is 1. The third-order valence-corrected chi connectivity index (χ3v) is 3.73. The van der Waals surface area contributed by atoms with Gasteiger partial charge in [-0.3, -0.25) is 14.9 Å². The second-order valence-electron chi connectivity index (χ2n) is 4.34. The van der Waals surface area contributed by atoms with Crippen LogP contribution in [0.4, 0.5) is 11.5 Å². The highest BCUT2D eigenvalue weighted by molar-refractivity contribution is 7.09. The molecule has 0 radical (unpaired) electrons. The monoisotopic (exact) mass is 306 g/mol. The van der Waals surface area contributed by atoms with Gasteiger partial charge < -0.3 is 10.2 Å². The molecule has 0 aliphatic carbocycles. The molecule has 0 spiro atoms. The Hall–Kier alpha value is -2.48. The molecule has 0 aromatic carbocycles. The topological polar surface area (TPSA) is 88.4 Å². The third kappa shape index (κ3) is 3.34. The van der Waals surface area contributed by atoms with E-state index in [1.807, 2.05) is 17.5 Å². The van der Waals surface area contributed by atoms with Gasteiger partial charge >= 0.3 is 0 Å². The van der Waals surface area contributed by atoms with E-state index in [2.05, 4.69) is 10.3 Å². The molecule has 2 aromatic rings. The lowest BCUT2D eigenvalue weighted by molar-refractivity contribution is -0.385. The lowest BCUT2D eigenvalue weighted by Gasteiger charge is -2.17. The van der Waals surface area contributed by atoms with Gasteiger partial charge in [0.1, 0.15) is 12.0 Å². The Morgan fingerprint density at radius 2 is 2.33 bits per heavy atom. The van der Waals surface area contributed by atoms with Crippen LogP contribution in [0, 0.1) is 10.1 Å². The number of pyridine rings is 1. The van der Waals surface area contributed by atoms with E-state index in [4.69, 9.17) is 0 Å². The standard InChI is InChI=1S/C13H14N4O3S/c1-14-12-11(6-9(7-15-12)17(19)20)13(18)16(2)8-10-4-3-5-21-10/h3-7H,8H2,1-2H3,(H,14,15). The second kappa shape index (κ2) is 6.31. The quantitative estimate of drug-likeness (QED) is 0.676. The van der Waals surface area contributed by atoms with Crippen LogP contribution in [0.2, 0.25) is 0 Å². The zero-order chi connectivity index (χ0) is 15.4. The molecule has 1 amide bonds. The highest BCUT2D eigenvalue weighted by Crippen LogP contribution is 2.21. The summed E-state index contributed by atoms with van der Waals surface area (Å²) in [5.74, 6) is 0.00702. The number of nitro groups is 1. The Labute approximate surface area is 125 Å².